The second-order valence-electron chi connectivity index (χ2n) is 12.1. The van der Waals surface area contributed by atoms with E-state index in [4.69, 9.17) is 0 Å². The van der Waals surface area contributed by atoms with Gasteiger partial charge in [-0.2, -0.15) is 0 Å². The molecule has 4 atom stereocenters. The second-order valence-corrected chi connectivity index (χ2v) is 12.1. The molecular formula is C25H38N2O4. The fraction of sp³-hybridized carbons (Fsp3) is 0.840. The fourth-order valence-electron chi connectivity index (χ4n) is 7.55. The Bertz CT molecular complexity index is 807. The molecule has 6 heteroatoms. The molecule has 0 aromatic carbocycles. The number of rotatable bonds is 6. The predicted octanol–water partition coefficient (Wildman–Crippen LogP) is 3.18. The average molecular weight is 431 g/mol. The van der Waals surface area contributed by atoms with Crippen molar-refractivity contribution in [2.45, 2.75) is 86.5 Å². The number of hydrogen-bond donors (Lipinski definition) is 2. The van der Waals surface area contributed by atoms with Crippen LogP contribution in [0.25, 0.3) is 0 Å². The molecule has 4 fully saturated rings. The van der Waals surface area contributed by atoms with Crippen molar-refractivity contribution in [1.82, 2.24) is 10.6 Å². The topological polar surface area (TPSA) is 92.3 Å². The highest BCUT2D eigenvalue weighted by molar-refractivity contribution is 6.00. The number of carbonyl (C=O) groups excluding carboxylic acids is 4. The predicted molar refractivity (Wildman–Crippen MR) is 117 cm³/mol. The fourth-order valence-corrected chi connectivity index (χ4v) is 7.55. The SMILES string of the molecule is CC1(C)[C@@]2(C(=O)NCCCNC(=O)[C@]34CC[C@](C)(C(=O)C3)C4(C)C)CC[C@]1(C)C(=O)C2. The normalized spacial score (nSPS) is 41.6. The van der Waals surface area contributed by atoms with Crippen LogP contribution in [-0.2, 0) is 19.2 Å². The number of nitrogens with one attached hydrogen (secondary N) is 2. The number of ketones is 2. The van der Waals surface area contributed by atoms with Crippen molar-refractivity contribution in [2.24, 2.45) is 32.5 Å². The highest BCUT2D eigenvalue weighted by atomic mass is 16.2. The molecule has 2 N–H and O–H groups in total. The van der Waals surface area contributed by atoms with Crippen LogP contribution in [0, 0.1) is 32.5 Å². The van der Waals surface area contributed by atoms with Gasteiger partial charge in [0.2, 0.25) is 11.8 Å². The van der Waals surface area contributed by atoms with Gasteiger partial charge in [0.05, 0.1) is 10.8 Å². The van der Waals surface area contributed by atoms with Crippen molar-refractivity contribution in [2.75, 3.05) is 13.1 Å². The van der Waals surface area contributed by atoms with Gasteiger partial charge in [0.25, 0.3) is 0 Å². The van der Waals surface area contributed by atoms with Crippen molar-refractivity contribution < 1.29 is 19.2 Å². The van der Waals surface area contributed by atoms with Gasteiger partial charge in [-0.1, -0.05) is 41.5 Å². The molecule has 0 aromatic heterocycles. The Morgan fingerprint density at radius 3 is 1.29 bits per heavy atom. The van der Waals surface area contributed by atoms with E-state index < -0.39 is 21.7 Å². The number of fused-ring (bicyclic) bond motifs is 4. The molecule has 0 unspecified atom stereocenters. The van der Waals surface area contributed by atoms with E-state index in [1.807, 2.05) is 13.8 Å². The Kier molecular flexibility index (Phi) is 4.65. The van der Waals surface area contributed by atoms with E-state index in [2.05, 4.69) is 38.3 Å². The van der Waals surface area contributed by atoms with Crippen LogP contribution in [0.4, 0.5) is 0 Å². The Morgan fingerprint density at radius 2 is 1.03 bits per heavy atom. The zero-order valence-corrected chi connectivity index (χ0v) is 20.0. The molecule has 4 saturated carbocycles. The van der Waals surface area contributed by atoms with Gasteiger partial charge in [0.1, 0.15) is 11.6 Å². The van der Waals surface area contributed by atoms with Gasteiger partial charge in [-0.3, -0.25) is 19.2 Å². The van der Waals surface area contributed by atoms with Crippen LogP contribution in [0.5, 0.6) is 0 Å². The molecule has 4 bridgehead atoms. The quantitative estimate of drug-likeness (QED) is 0.633. The van der Waals surface area contributed by atoms with E-state index in [1.54, 1.807) is 0 Å². The molecular weight excluding hydrogens is 392 g/mol. The van der Waals surface area contributed by atoms with Gasteiger partial charge < -0.3 is 10.6 Å². The molecule has 0 aliphatic heterocycles. The third kappa shape index (κ3) is 2.40. The first-order valence-electron chi connectivity index (χ1n) is 11.9. The number of hydrogen-bond acceptors (Lipinski definition) is 4. The molecule has 0 radical (unpaired) electrons. The monoisotopic (exact) mass is 430 g/mol. The summed E-state index contributed by atoms with van der Waals surface area (Å²) in [4.78, 5) is 51.3. The summed E-state index contributed by atoms with van der Waals surface area (Å²) in [5, 5.41) is 6.09. The maximum absolute atomic E-state index is 13.1. The lowest BCUT2D eigenvalue weighted by Crippen LogP contribution is -2.48. The maximum atomic E-state index is 13.1. The van der Waals surface area contributed by atoms with Gasteiger partial charge in [0.15, 0.2) is 0 Å². The van der Waals surface area contributed by atoms with Crippen molar-refractivity contribution in [3.05, 3.63) is 0 Å². The zero-order chi connectivity index (χ0) is 23.1. The molecule has 31 heavy (non-hydrogen) atoms. The van der Waals surface area contributed by atoms with E-state index in [9.17, 15) is 19.2 Å². The smallest absolute Gasteiger partial charge is 0.227 e. The van der Waals surface area contributed by atoms with E-state index in [1.165, 1.54) is 0 Å². The van der Waals surface area contributed by atoms with Crippen LogP contribution in [0.3, 0.4) is 0 Å². The summed E-state index contributed by atoms with van der Waals surface area (Å²) < 4.78 is 0. The zero-order valence-electron chi connectivity index (χ0n) is 20.0. The Hall–Kier alpha value is -1.72. The minimum absolute atomic E-state index is 0.0222. The molecule has 2 amide bonds. The summed E-state index contributed by atoms with van der Waals surface area (Å²) in [6.07, 6.45) is 4.37. The lowest BCUT2D eigenvalue weighted by molar-refractivity contribution is -0.136. The van der Waals surface area contributed by atoms with Crippen LogP contribution < -0.4 is 10.6 Å². The Balaban J connectivity index is 1.30. The molecule has 4 aliphatic rings. The van der Waals surface area contributed by atoms with Crippen molar-refractivity contribution in [3.63, 3.8) is 0 Å². The summed E-state index contributed by atoms with van der Waals surface area (Å²) in [5.74, 6) is 0.377. The lowest BCUT2D eigenvalue weighted by Gasteiger charge is -2.39. The molecule has 0 spiro atoms. The largest absolute Gasteiger partial charge is 0.356 e. The molecule has 172 valence electrons. The van der Waals surface area contributed by atoms with Gasteiger partial charge in [-0.25, -0.2) is 0 Å². The summed E-state index contributed by atoms with van der Waals surface area (Å²) >= 11 is 0. The molecule has 4 aliphatic carbocycles. The minimum atomic E-state index is -0.608. The first-order valence-corrected chi connectivity index (χ1v) is 11.9. The average Bonchev–Trinajstić information content (AvgIpc) is 3.15. The van der Waals surface area contributed by atoms with Gasteiger partial charge in [0, 0.05) is 36.8 Å². The van der Waals surface area contributed by atoms with Gasteiger partial charge in [-0.15, -0.1) is 0 Å². The highest BCUT2D eigenvalue weighted by Crippen LogP contribution is 2.71. The van der Waals surface area contributed by atoms with Crippen molar-refractivity contribution in [3.8, 4) is 0 Å². The summed E-state index contributed by atoms with van der Waals surface area (Å²) in [7, 11) is 0. The number of Topliss-reactive ketones (excluding diaryl/α,β-unsaturated/α-hetero) is 2. The molecule has 0 saturated heterocycles. The molecule has 4 rings (SSSR count). The minimum Gasteiger partial charge on any atom is -0.356 e. The van der Waals surface area contributed by atoms with Crippen LogP contribution in [-0.4, -0.2) is 36.5 Å². The van der Waals surface area contributed by atoms with Crippen molar-refractivity contribution >= 4 is 23.4 Å². The first kappa shape index (κ1) is 22.5. The third-order valence-corrected chi connectivity index (χ3v) is 11.2. The van der Waals surface area contributed by atoms with Crippen LogP contribution in [0.2, 0.25) is 0 Å². The Morgan fingerprint density at radius 1 is 0.677 bits per heavy atom. The molecule has 0 aromatic rings. The standard InChI is InChI=1S/C25H38N2O4/c1-20(2)22(5)8-10-24(20,14-16(22)28)18(30)26-12-7-13-27-19(31)25-11-9-23(6,17(29)15-25)21(25,3)4/h7-15H2,1-6H3,(H,26,30)(H,27,31)/t22-,23-,24+,25+/m1/s1. The van der Waals surface area contributed by atoms with E-state index in [-0.39, 0.29) is 34.2 Å². The van der Waals surface area contributed by atoms with Crippen LogP contribution >= 0.6 is 0 Å². The third-order valence-electron chi connectivity index (χ3n) is 11.2. The number of carbonyl (C=O) groups is 4. The van der Waals surface area contributed by atoms with E-state index >= 15 is 0 Å². The van der Waals surface area contributed by atoms with Crippen LogP contribution in [0.15, 0.2) is 0 Å². The van der Waals surface area contributed by atoms with Gasteiger partial charge >= 0.3 is 0 Å². The second kappa shape index (κ2) is 6.41. The van der Waals surface area contributed by atoms with E-state index in [0.717, 1.165) is 25.7 Å². The summed E-state index contributed by atoms with van der Waals surface area (Å²) in [5.41, 5.74) is -2.71. The summed E-state index contributed by atoms with van der Waals surface area (Å²) in [6.45, 7) is 13.2. The first-order chi connectivity index (χ1) is 14.2. The maximum Gasteiger partial charge on any atom is 0.227 e. The highest BCUT2D eigenvalue weighted by Gasteiger charge is 2.73. The summed E-state index contributed by atoms with van der Waals surface area (Å²) in [6, 6.07) is 0. The molecule has 6 nitrogen and oxygen atoms in total. The van der Waals surface area contributed by atoms with Crippen LogP contribution in [0.1, 0.15) is 86.5 Å². The van der Waals surface area contributed by atoms with Crippen molar-refractivity contribution in [1.29, 1.82) is 0 Å². The van der Waals surface area contributed by atoms with E-state index in [0.29, 0.717) is 32.4 Å². The lowest BCUT2D eigenvalue weighted by atomic mass is 9.64. The Labute approximate surface area is 185 Å². The molecule has 0 heterocycles. The van der Waals surface area contributed by atoms with Gasteiger partial charge in [-0.05, 0) is 42.9 Å². The number of amides is 2.